The SMILES string of the molecule is CCCNC1c2ccccc2CC1OCCC(C)(C)OC. The van der Waals surface area contributed by atoms with Crippen LogP contribution in [0.1, 0.15) is 50.8 Å². The number of benzene rings is 1. The topological polar surface area (TPSA) is 30.5 Å². The number of ether oxygens (including phenoxy) is 2. The molecule has 0 saturated carbocycles. The van der Waals surface area contributed by atoms with Crippen LogP contribution >= 0.6 is 0 Å². The van der Waals surface area contributed by atoms with Crippen molar-refractivity contribution in [1.82, 2.24) is 5.32 Å². The second-order valence-corrected chi connectivity index (χ2v) is 6.46. The van der Waals surface area contributed by atoms with Gasteiger partial charge in [0.2, 0.25) is 0 Å². The molecule has 3 nitrogen and oxygen atoms in total. The average molecular weight is 291 g/mol. The predicted molar refractivity (Wildman–Crippen MR) is 86.6 cm³/mol. The first-order chi connectivity index (χ1) is 10.1. The smallest absolute Gasteiger partial charge is 0.0810 e. The third kappa shape index (κ3) is 4.29. The largest absolute Gasteiger partial charge is 0.379 e. The van der Waals surface area contributed by atoms with Crippen LogP contribution in [-0.2, 0) is 15.9 Å². The van der Waals surface area contributed by atoms with Gasteiger partial charge >= 0.3 is 0 Å². The van der Waals surface area contributed by atoms with E-state index in [0.717, 1.165) is 32.4 Å². The Bertz CT molecular complexity index is 445. The van der Waals surface area contributed by atoms with E-state index in [1.165, 1.54) is 11.1 Å². The minimum Gasteiger partial charge on any atom is -0.379 e. The van der Waals surface area contributed by atoms with Gasteiger partial charge in [0.1, 0.15) is 0 Å². The van der Waals surface area contributed by atoms with E-state index in [4.69, 9.17) is 9.47 Å². The molecule has 0 saturated heterocycles. The molecule has 118 valence electrons. The first-order valence-electron chi connectivity index (χ1n) is 8.05. The molecule has 1 aliphatic carbocycles. The van der Waals surface area contributed by atoms with Gasteiger partial charge in [0, 0.05) is 20.1 Å². The van der Waals surface area contributed by atoms with Crippen molar-refractivity contribution >= 4 is 0 Å². The number of hydrogen-bond donors (Lipinski definition) is 1. The summed E-state index contributed by atoms with van der Waals surface area (Å²) >= 11 is 0. The van der Waals surface area contributed by atoms with Gasteiger partial charge in [-0.15, -0.1) is 0 Å². The zero-order chi connectivity index (χ0) is 15.3. The molecule has 1 aliphatic rings. The average Bonchev–Trinajstić information content (AvgIpc) is 2.82. The molecule has 0 fully saturated rings. The van der Waals surface area contributed by atoms with Crippen LogP contribution in [-0.4, -0.2) is 32.0 Å². The Morgan fingerprint density at radius 3 is 2.76 bits per heavy atom. The molecule has 1 N–H and O–H groups in total. The van der Waals surface area contributed by atoms with E-state index in [1.807, 2.05) is 0 Å². The number of rotatable bonds is 8. The monoisotopic (exact) mass is 291 g/mol. The zero-order valence-electron chi connectivity index (χ0n) is 13.8. The Morgan fingerprint density at radius 2 is 2.05 bits per heavy atom. The van der Waals surface area contributed by atoms with Crippen LogP contribution in [0.25, 0.3) is 0 Å². The maximum Gasteiger partial charge on any atom is 0.0810 e. The molecular weight excluding hydrogens is 262 g/mol. The third-order valence-corrected chi connectivity index (χ3v) is 4.39. The second kappa shape index (κ2) is 7.39. The molecule has 0 spiro atoms. The van der Waals surface area contributed by atoms with Crippen LogP contribution < -0.4 is 5.32 Å². The van der Waals surface area contributed by atoms with Crippen molar-refractivity contribution < 1.29 is 9.47 Å². The van der Waals surface area contributed by atoms with E-state index in [1.54, 1.807) is 7.11 Å². The van der Waals surface area contributed by atoms with E-state index in [0.29, 0.717) is 6.04 Å². The fourth-order valence-corrected chi connectivity index (χ4v) is 2.81. The van der Waals surface area contributed by atoms with E-state index >= 15 is 0 Å². The summed E-state index contributed by atoms with van der Waals surface area (Å²) in [5.74, 6) is 0. The highest BCUT2D eigenvalue weighted by molar-refractivity contribution is 5.36. The fourth-order valence-electron chi connectivity index (χ4n) is 2.81. The van der Waals surface area contributed by atoms with Crippen LogP contribution in [0.3, 0.4) is 0 Å². The number of nitrogens with one attached hydrogen (secondary N) is 1. The zero-order valence-corrected chi connectivity index (χ0v) is 13.8. The van der Waals surface area contributed by atoms with Crippen LogP contribution in [0.15, 0.2) is 24.3 Å². The molecule has 0 amide bonds. The van der Waals surface area contributed by atoms with Gasteiger partial charge < -0.3 is 14.8 Å². The molecule has 0 bridgehead atoms. The minimum atomic E-state index is -0.113. The van der Waals surface area contributed by atoms with Crippen molar-refractivity contribution in [3.8, 4) is 0 Å². The number of hydrogen-bond acceptors (Lipinski definition) is 3. The van der Waals surface area contributed by atoms with Gasteiger partial charge in [-0.1, -0.05) is 31.2 Å². The van der Waals surface area contributed by atoms with Gasteiger partial charge in [-0.05, 0) is 44.4 Å². The number of fused-ring (bicyclic) bond motifs is 1. The minimum absolute atomic E-state index is 0.113. The van der Waals surface area contributed by atoms with E-state index in [2.05, 4.69) is 50.4 Å². The van der Waals surface area contributed by atoms with Gasteiger partial charge in [-0.3, -0.25) is 0 Å². The first kappa shape index (κ1) is 16.5. The summed E-state index contributed by atoms with van der Waals surface area (Å²) in [4.78, 5) is 0. The second-order valence-electron chi connectivity index (χ2n) is 6.46. The molecular formula is C18H29NO2. The summed E-state index contributed by atoms with van der Waals surface area (Å²) in [7, 11) is 1.76. The predicted octanol–water partition coefficient (Wildman–Crippen LogP) is 3.48. The Labute approximate surface area is 129 Å². The highest BCUT2D eigenvalue weighted by atomic mass is 16.5. The standard InChI is InChI=1S/C18H29NO2/c1-5-11-19-17-15-9-7-6-8-14(15)13-16(17)21-12-10-18(2,3)20-4/h6-9,16-17,19H,5,10-13H2,1-4H3. The van der Waals surface area contributed by atoms with E-state index in [-0.39, 0.29) is 11.7 Å². The molecule has 3 heteroatoms. The summed E-state index contributed by atoms with van der Waals surface area (Å²) in [6.45, 7) is 8.18. The van der Waals surface area contributed by atoms with E-state index in [9.17, 15) is 0 Å². The maximum atomic E-state index is 6.19. The molecule has 0 radical (unpaired) electrons. The van der Waals surface area contributed by atoms with Crippen LogP contribution in [0.5, 0.6) is 0 Å². The summed E-state index contributed by atoms with van der Waals surface area (Å²) in [6.07, 6.45) is 3.30. The van der Waals surface area contributed by atoms with Crippen molar-refractivity contribution in [2.24, 2.45) is 0 Å². The third-order valence-electron chi connectivity index (χ3n) is 4.39. The van der Waals surface area contributed by atoms with Crippen LogP contribution in [0, 0.1) is 0 Å². The Balaban J connectivity index is 1.96. The van der Waals surface area contributed by atoms with Crippen molar-refractivity contribution in [3.05, 3.63) is 35.4 Å². The lowest BCUT2D eigenvalue weighted by molar-refractivity contribution is -0.0320. The molecule has 2 unspecified atom stereocenters. The lowest BCUT2D eigenvalue weighted by Crippen LogP contribution is -2.33. The summed E-state index contributed by atoms with van der Waals surface area (Å²) in [5.41, 5.74) is 2.71. The van der Waals surface area contributed by atoms with Crippen molar-refractivity contribution in [2.45, 2.75) is 57.8 Å². The van der Waals surface area contributed by atoms with Gasteiger partial charge in [-0.2, -0.15) is 0 Å². The Kier molecular flexibility index (Phi) is 5.80. The van der Waals surface area contributed by atoms with Crippen LogP contribution in [0.2, 0.25) is 0 Å². The quantitative estimate of drug-likeness (QED) is 0.795. The number of methoxy groups -OCH3 is 1. The van der Waals surface area contributed by atoms with Gasteiger partial charge in [0.05, 0.1) is 17.7 Å². The summed E-state index contributed by atoms with van der Waals surface area (Å²) < 4.78 is 11.7. The summed E-state index contributed by atoms with van der Waals surface area (Å²) in [5, 5.41) is 3.64. The first-order valence-corrected chi connectivity index (χ1v) is 8.05. The normalized spacial score (nSPS) is 21.5. The fraction of sp³-hybridized carbons (Fsp3) is 0.667. The molecule has 1 aromatic carbocycles. The Morgan fingerprint density at radius 1 is 1.29 bits per heavy atom. The van der Waals surface area contributed by atoms with Crippen molar-refractivity contribution in [3.63, 3.8) is 0 Å². The lowest BCUT2D eigenvalue weighted by atomic mass is 10.1. The molecule has 0 heterocycles. The van der Waals surface area contributed by atoms with Crippen molar-refractivity contribution in [2.75, 3.05) is 20.3 Å². The molecule has 2 rings (SSSR count). The van der Waals surface area contributed by atoms with Crippen molar-refractivity contribution in [1.29, 1.82) is 0 Å². The highest BCUT2D eigenvalue weighted by Crippen LogP contribution is 2.33. The molecule has 2 atom stereocenters. The summed E-state index contributed by atoms with van der Waals surface area (Å²) in [6, 6.07) is 9.01. The molecule has 21 heavy (non-hydrogen) atoms. The molecule has 0 aromatic heterocycles. The maximum absolute atomic E-state index is 6.19. The highest BCUT2D eigenvalue weighted by Gasteiger charge is 2.32. The van der Waals surface area contributed by atoms with E-state index < -0.39 is 0 Å². The lowest BCUT2D eigenvalue weighted by Gasteiger charge is -2.26. The van der Waals surface area contributed by atoms with Gasteiger partial charge in [-0.25, -0.2) is 0 Å². The Hall–Kier alpha value is -0.900. The van der Waals surface area contributed by atoms with Gasteiger partial charge in [0.25, 0.3) is 0 Å². The molecule has 0 aliphatic heterocycles. The van der Waals surface area contributed by atoms with Gasteiger partial charge in [0.15, 0.2) is 0 Å². The molecule has 1 aromatic rings. The van der Waals surface area contributed by atoms with Crippen LogP contribution in [0.4, 0.5) is 0 Å².